The highest BCUT2D eigenvalue weighted by atomic mass is 15.6. The number of nitrogens with zero attached hydrogens (tertiary/aromatic N) is 4. The zero-order valence-electron chi connectivity index (χ0n) is 11.5. The summed E-state index contributed by atoms with van der Waals surface area (Å²) in [6.07, 6.45) is 1.01. The van der Waals surface area contributed by atoms with Gasteiger partial charge in [-0.05, 0) is 33.2 Å². The maximum Gasteiger partial charge on any atom is 0.243 e. The van der Waals surface area contributed by atoms with Crippen molar-refractivity contribution in [3.8, 4) is 0 Å². The van der Waals surface area contributed by atoms with E-state index in [-0.39, 0.29) is 0 Å². The Kier molecular flexibility index (Phi) is 3.58. The number of nitrogens with one attached hydrogen (secondary N) is 1. The summed E-state index contributed by atoms with van der Waals surface area (Å²) in [6.45, 7) is 3.65. The van der Waals surface area contributed by atoms with E-state index in [9.17, 15) is 0 Å². The minimum absolute atomic E-state index is 0.714. The molecule has 0 saturated heterocycles. The SMILES string of the molecule is CCCn1nnnc1NCc1cccc2ccccc12. The van der Waals surface area contributed by atoms with E-state index < -0.39 is 0 Å². The van der Waals surface area contributed by atoms with Gasteiger partial charge < -0.3 is 5.32 Å². The van der Waals surface area contributed by atoms with Gasteiger partial charge in [-0.1, -0.05) is 54.5 Å². The number of aromatic nitrogens is 4. The Hall–Kier alpha value is -2.43. The molecule has 0 radical (unpaired) electrons. The Morgan fingerprint density at radius 2 is 1.95 bits per heavy atom. The second kappa shape index (κ2) is 5.69. The van der Waals surface area contributed by atoms with Crippen LogP contribution in [0, 0.1) is 0 Å². The van der Waals surface area contributed by atoms with E-state index in [0.29, 0.717) is 6.54 Å². The maximum atomic E-state index is 4.02. The fourth-order valence-electron chi connectivity index (χ4n) is 2.31. The molecule has 3 aromatic rings. The predicted octanol–water partition coefficient (Wildman–Crippen LogP) is 2.85. The molecule has 0 fully saturated rings. The van der Waals surface area contributed by atoms with E-state index in [1.807, 2.05) is 0 Å². The molecule has 0 bridgehead atoms. The quantitative estimate of drug-likeness (QED) is 0.772. The second-order valence-electron chi connectivity index (χ2n) is 4.72. The van der Waals surface area contributed by atoms with Crippen LogP contribution in [0.1, 0.15) is 18.9 Å². The molecular formula is C15H17N5. The standard InChI is InChI=1S/C15H17N5/c1-2-10-20-15(17-18-19-20)16-11-13-8-5-7-12-6-3-4-9-14(12)13/h3-9H,2,10-11H2,1H3,(H,16,17,19). The molecule has 1 aromatic heterocycles. The number of tetrazole rings is 1. The normalized spacial score (nSPS) is 10.8. The lowest BCUT2D eigenvalue weighted by molar-refractivity contribution is 0.582. The monoisotopic (exact) mass is 267 g/mol. The van der Waals surface area contributed by atoms with Crippen LogP contribution in [0.4, 0.5) is 5.95 Å². The van der Waals surface area contributed by atoms with Gasteiger partial charge in [0, 0.05) is 13.1 Å². The van der Waals surface area contributed by atoms with Crippen LogP contribution in [0.25, 0.3) is 10.8 Å². The first kappa shape index (κ1) is 12.6. The van der Waals surface area contributed by atoms with Crippen LogP contribution in [0.15, 0.2) is 42.5 Å². The van der Waals surface area contributed by atoms with Crippen LogP contribution in [0.2, 0.25) is 0 Å². The largest absolute Gasteiger partial charge is 0.349 e. The van der Waals surface area contributed by atoms with Gasteiger partial charge in [-0.25, -0.2) is 4.68 Å². The molecule has 1 heterocycles. The van der Waals surface area contributed by atoms with Crippen molar-refractivity contribution in [3.05, 3.63) is 48.0 Å². The predicted molar refractivity (Wildman–Crippen MR) is 79.4 cm³/mol. The van der Waals surface area contributed by atoms with Crippen molar-refractivity contribution in [2.75, 3.05) is 5.32 Å². The molecule has 1 N–H and O–H groups in total. The molecule has 5 heteroatoms. The summed E-state index contributed by atoms with van der Waals surface area (Å²) in [5.41, 5.74) is 1.24. The number of hydrogen-bond donors (Lipinski definition) is 1. The van der Waals surface area contributed by atoms with Crippen LogP contribution < -0.4 is 5.32 Å². The third kappa shape index (κ3) is 2.47. The van der Waals surface area contributed by atoms with Gasteiger partial charge in [-0.2, -0.15) is 0 Å². The van der Waals surface area contributed by atoms with Gasteiger partial charge in [-0.15, -0.1) is 0 Å². The summed E-state index contributed by atoms with van der Waals surface area (Å²) >= 11 is 0. The van der Waals surface area contributed by atoms with Crippen molar-refractivity contribution in [2.24, 2.45) is 0 Å². The van der Waals surface area contributed by atoms with Gasteiger partial charge >= 0.3 is 0 Å². The zero-order chi connectivity index (χ0) is 13.8. The summed E-state index contributed by atoms with van der Waals surface area (Å²) in [7, 11) is 0. The number of aryl methyl sites for hydroxylation is 1. The molecule has 0 aliphatic heterocycles. The first-order valence-corrected chi connectivity index (χ1v) is 6.85. The third-order valence-corrected chi connectivity index (χ3v) is 3.28. The van der Waals surface area contributed by atoms with Crippen molar-refractivity contribution >= 4 is 16.7 Å². The Bertz CT molecular complexity index is 699. The number of benzene rings is 2. The lowest BCUT2D eigenvalue weighted by Crippen LogP contribution is -2.09. The Morgan fingerprint density at radius 3 is 2.85 bits per heavy atom. The summed E-state index contributed by atoms with van der Waals surface area (Å²) < 4.78 is 1.80. The van der Waals surface area contributed by atoms with Crippen LogP contribution >= 0.6 is 0 Å². The van der Waals surface area contributed by atoms with Crippen molar-refractivity contribution in [2.45, 2.75) is 26.4 Å². The molecular weight excluding hydrogens is 250 g/mol. The van der Waals surface area contributed by atoms with Gasteiger partial charge in [0.2, 0.25) is 5.95 Å². The molecule has 3 rings (SSSR count). The Morgan fingerprint density at radius 1 is 1.10 bits per heavy atom. The van der Waals surface area contributed by atoms with E-state index in [1.165, 1.54) is 16.3 Å². The van der Waals surface area contributed by atoms with Crippen molar-refractivity contribution in [3.63, 3.8) is 0 Å². The van der Waals surface area contributed by atoms with E-state index >= 15 is 0 Å². The molecule has 0 amide bonds. The van der Waals surface area contributed by atoms with Crippen LogP contribution in [-0.4, -0.2) is 20.2 Å². The van der Waals surface area contributed by atoms with Crippen molar-refractivity contribution < 1.29 is 0 Å². The molecule has 0 aliphatic carbocycles. The molecule has 2 aromatic carbocycles. The van der Waals surface area contributed by atoms with Gasteiger partial charge in [0.25, 0.3) is 0 Å². The molecule has 0 aliphatic rings. The second-order valence-corrected chi connectivity index (χ2v) is 4.72. The van der Waals surface area contributed by atoms with Crippen LogP contribution in [0.5, 0.6) is 0 Å². The lowest BCUT2D eigenvalue weighted by atomic mass is 10.0. The first-order chi connectivity index (χ1) is 9.88. The van der Waals surface area contributed by atoms with Gasteiger partial charge in [0.05, 0.1) is 0 Å². The number of rotatable bonds is 5. The average Bonchev–Trinajstić information content (AvgIpc) is 2.93. The minimum atomic E-state index is 0.714. The summed E-state index contributed by atoms with van der Waals surface area (Å²) in [6, 6.07) is 14.7. The fourth-order valence-corrected chi connectivity index (χ4v) is 2.31. The zero-order valence-corrected chi connectivity index (χ0v) is 11.5. The molecule has 0 spiro atoms. The number of fused-ring (bicyclic) bond motifs is 1. The third-order valence-electron chi connectivity index (χ3n) is 3.28. The van der Waals surface area contributed by atoms with E-state index in [4.69, 9.17) is 0 Å². The maximum absolute atomic E-state index is 4.02. The number of anilines is 1. The molecule has 20 heavy (non-hydrogen) atoms. The van der Waals surface area contributed by atoms with Gasteiger partial charge in [-0.3, -0.25) is 0 Å². The van der Waals surface area contributed by atoms with E-state index in [0.717, 1.165) is 18.9 Å². The highest BCUT2D eigenvalue weighted by molar-refractivity contribution is 5.85. The van der Waals surface area contributed by atoms with E-state index in [2.05, 4.69) is 70.2 Å². The molecule has 0 unspecified atom stereocenters. The average molecular weight is 267 g/mol. The number of hydrogen-bond acceptors (Lipinski definition) is 4. The topological polar surface area (TPSA) is 55.6 Å². The van der Waals surface area contributed by atoms with Gasteiger partial charge in [0.15, 0.2) is 0 Å². The minimum Gasteiger partial charge on any atom is -0.349 e. The van der Waals surface area contributed by atoms with Gasteiger partial charge in [0.1, 0.15) is 0 Å². The molecule has 0 atom stereocenters. The fraction of sp³-hybridized carbons (Fsp3) is 0.267. The van der Waals surface area contributed by atoms with Crippen molar-refractivity contribution in [1.29, 1.82) is 0 Å². The first-order valence-electron chi connectivity index (χ1n) is 6.85. The molecule has 102 valence electrons. The van der Waals surface area contributed by atoms with Crippen LogP contribution in [-0.2, 0) is 13.1 Å². The highest BCUT2D eigenvalue weighted by Crippen LogP contribution is 2.19. The van der Waals surface area contributed by atoms with E-state index in [1.54, 1.807) is 4.68 Å². The lowest BCUT2D eigenvalue weighted by Gasteiger charge is -2.09. The summed E-state index contributed by atoms with van der Waals surface area (Å²) in [5.74, 6) is 0.722. The van der Waals surface area contributed by atoms with Crippen LogP contribution in [0.3, 0.4) is 0 Å². The van der Waals surface area contributed by atoms with Crippen molar-refractivity contribution in [1.82, 2.24) is 20.2 Å². The smallest absolute Gasteiger partial charge is 0.243 e. The summed E-state index contributed by atoms with van der Waals surface area (Å²) in [5, 5.41) is 17.5. The molecule has 5 nitrogen and oxygen atoms in total. The Labute approximate surface area is 117 Å². The summed E-state index contributed by atoms with van der Waals surface area (Å²) in [4.78, 5) is 0. The highest BCUT2D eigenvalue weighted by Gasteiger charge is 2.05. The Balaban J connectivity index is 1.81. The molecule has 0 saturated carbocycles.